The van der Waals surface area contributed by atoms with E-state index in [-0.39, 0.29) is 29.9 Å². The van der Waals surface area contributed by atoms with E-state index in [1.165, 1.54) is 25.7 Å². The molecule has 1 fully saturated rings. The van der Waals surface area contributed by atoms with E-state index in [0.29, 0.717) is 6.61 Å². The molecule has 4 nitrogen and oxygen atoms in total. The minimum atomic E-state index is -0.315. The van der Waals surface area contributed by atoms with E-state index in [2.05, 4.69) is 6.92 Å². The molecule has 0 radical (unpaired) electrons. The Balaban J connectivity index is 2.35. The molecule has 4 heteroatoms. The van der Waals surface area contributed by atoms with Gasteiger partial charge in [-0.15, -0.1) is 0 Å². The fourth-order valence-electron chi connectivity index (χ4n) is 3.23. The highest BCUT2D eigenvalue weighted by Crippen LogP contribution is 2.32. The third kappa shape index (κ3) is 7.67. The van der Waals surface area contributed by atoms with Crippen molar-refractivity contribution in [1.29, 1.82) is 0 Å². The van der Waals surface area contributed by atoms with Gasteiger partial charge in [0, 0.05) is 0 Å². The van der Waals surface area contributed by atoms with Gasteiger partial charge in [0.2, 0.25) is 0 Å². The van der Waals surface area contributed by atoms with Crippen molar-refractivity contribution >= 4 is 11.9 Å². The van der Waals surface area contributed by atoms with Crippen LogP contribution < -0.4 is 0 Å². The summed E-state index contributed by atoms with van der Waals surface area (Å²) in [6.45, 7) is 6.57. The molecule has 0 aromatic carbocycles. The van der Waals surface area contributed by atoms with Gasteiger partial charge in [-0.2, -0.15) is 0 Å². The van der Waals surface area contributed by atoms with Gasteiger partial charge in [-0.1, -0.05) is 58.8 Å². The molecule has 0 aromatic rings. The highest BCUT2D eigenvalue weighted by molar-refractivity contribution is 5.82. The predicted octanol–water partition coefficient (Wildman–Crippen LogP) is 5.04. The highest BCUT2D eigenvalue weighted by atomic mass is 16.5. The second-order valence-corrected chi connectivity index (χ2v) is 7.09. The van der Waals surface area contributed by atoms with Crippen LogP contribution in [0.2, 0.25) is 0 Å². The summed E-state index contributed by atoms with van der Waals surface area (Å²) in [6.07, 6.45) is 11.2. The van der Waals surface area contributed by atoms with Gasteiger partial charge < -0.3 is 9.47 Å². The van der Waals surface area contributed by atoms with Crippen molar-refractivity contribution in [3.8, 4) is 0 Å². The Hall–Kier alpha value is -1.06. The SMILES string of the molecule is CCCCCCCCOC(=O)C1CCCCC1C(=O)OC(C)CC. The summed E-state index contributed by atoms with van der Waals surface area (Å²) in [4.78, 5) is 24.7. The van der Waals surface area contributed by atoms with E-state index in [9.17, 15) is 9.59 Å². The first-order valence-electron chi connectivity index (χ1n) is 9.97. The summed E-state index contributed by atoms with van der Waals surface area (Å²) in [7, 11) is 0. The van der Waals surface area contributed by atoms with Crippen LogP contribution in [0.4, 0.5) is 0 Å². The van der Waals surface area contributed by atoms with E-state index < -0.39 is 0 Å². The van der Waals surface area contributed by atoms with Gasteiger partial charge in [0.15, 0.2) is 0 Å². The summed E-state index contributed by atoms with van der Waals surface area (Å²) in [6, 6.07) is 0. The first-order valence-corrected chi connectivity index (χ1v) is 9.97. The average molecular weight is 341 g/mol. The molecule has 0 saturated heterocycles. The van der Waals surface area contributed by atoms with E-state index >= 15 is 0 Å². The maximum atomic E-state index is 12.4. The van der Waals surface area contributed by atoms with Crippen LogP contribution in [0.15, 0.2) is 0 Å². The standard InChI is InChI=1S/C20H36O4/c1-4-6-7-8-9-12-15-23-19(21)17-13-10-11-14-18(17)20(22)24-16(3)5-2/h16-18H,4-15H2,1-3H3. The quantitative estimate of drug-likeness (QED) is 0.390. The van der Waals surface area contributed by atoms with Crippen molar-refractivity contribution in [2.75, 3.05) is 6.61 Å². The number of rotatable bonds is 11. The zero-order valence-electron chi connectivity index (χ0n) is 15.9. The minimum absolute atomic E-state index is 0.0841. The molecule has 1 aliphatic rings. The highest BCUT2D eigenvalue weighted by Gasteiger charge is 2.38. The maximum absolute atomic E-state index is 12.4. The van der Waals surface area contributed by atoms with Gasteiger partial charge in [-0.25, -0.2) is 0 Å². The van der Waals surface area contributed by atoms with Gasteiger partial charge in [0.05, 0.1) is 24.5 Å². The van der Waals surface area contributed by atoms with Gasteiger partial charge in [0.25, 0.3) is 0 Å². The molecule has 3 atom stereocenters. The lowest BCUT2D eigenvalue weighted by Gasteiger charge is -2.29. The summed E-state index contributed by atoms with van der Waals surface area (Å²) >= 11 is 0. The van der Waals surface area contributed by atoms with Crippen molar-refractivity contribution in [2.45, 2.75) is 97.5 Å². The monoisotopic (exact) mass is 340 g/mol. The van der Waals surface area contributed by atoms with Crippen LogP contribution in [0.25, 0.3) is 0 Å². The Morgan fingerprint density at radius 2 is 1.50 bits per heavy atom. The van der Waals surface area contributed by atoms with Crippen LogP contribution >= 0.6 is 0 Å². The van der Waals surface area contributed by atoms with E-state index in [1.54, 1.807) is 0 Å². The average Bonchev–Trinajstić information content (AvgIpc) is 2.60. The summed E-state index contributed by atoms with van der Waals surface area (Å²) in [5.41, 5.74) is 0. The Labute approximate surface area is 147 Å². The Kier molecular flexibility index (Phi) is 10.8. The molecule has 0 aliphatic heterocycles. The second kappa shape index (κ2) is 12.3. The van der Waals surface area contributed by atoms with E-state index in [4.69, 9.17) is 9.47 Å². The molecule has 1 rings (SSSR count). The van der Waals surface area contributed by atoms with Crippen molar-refractivity contribution < 1.29 is 19.1 Å². The molecule has 0 spiro atoms. The van der Waals surface area contributed by atoms with Crippen molar-refractivity contribution in [3.63, 3.8) is 0 Å². The largest absolute Gasteiger partial charge is 0.465 e. The summed E-state index contributed by atoms with van der Waals surface area (Å²) in [5.74, 6) is -1.04. The number of ether oxygens (including phenoxy) is 2. The fraction of sp³-hybridized carbons (Fsp3) is 0.900. The van der Waals surface area contributed by atoms with Gasteiger partial charge in [0.1, 0.15) is 0 Å². The molecule has 0 aromatic heterocycles. The van der Waals surface area contributed by atoms with Crippen molar-refractivity contribution in [2.24, 2.45) is 11.8 Å². The smallest absolute Gasteiger partial charge is 0.310 e. The van der Waals surface area contributed by atoms with Crippen LogP contribution in [0, 0.1) is 11.8 Å². The molecule has 0 bridgehead atoms. The molecule has 3 unspecified atom stereocenters. The van der Waals surface area contributed by atoms with Gasteiger partial charge >= 0.3 is 11.9 Å². The minimum Gasteiger partial charge on any atom is -0.465 e. The third-order valence-electron chi connectivity index (χ3n) is 5.01. The number of unbranched alkanes of at least 4 members (excludes halogenated alkanes) is 5. The normalized spacial score (nSPS) is 22.0. The van der Waals surface area contributed by atoms with Crippen LogP contribution in [-0.2, 0) is 19.1 Å². The number of carbonyl (C=O) groups is 2. The Morgan fingerprint density at radius 3 is 2.12 bits per heavy atom. The topological polar surface area (TPSA) is 52.6 Å². The lowest BCUT2D eigenvalue weighted by molar-refractivity contribution is -0.165. The van der Waals surface area contributed by atoms with Crippen molar-refractivity contribution in [1.82, 2.24) is 0 Å². The summed E-state index contributed by atoms with van der Waals surface area (Å²) < 4.78 is 10.9. The fourth-order valence-corrected chi connectivity index (χ4v) is 3.23. The molecule has 24 heavy (non-hydrogen) atoms. The zero-order chi connectivity index (χ0) is 17.8. The molecular formula is C20H36O4. The zero-order valence-corrected chi connectivity index (χ0v) is 15.9. The lowest BCUT2D eigenvalue weighted by Crippen LogP contribution is -2.36. The summed E-state index contributed by atoms with van der Waals surface area (Å²) in [5, 5.41) is 0. The van der Waals surface area contributed by atoms with Crippen LogP contribution in [0.3, 0.4) is 0 Å². The molecule has 140 valence electrons. The van der Waals surface area contributed by atoms with E-state index in [1.807, 2.05) is 13.8 Å². The van der Waals surface area contributed by atoms with Crippen LogP contribution in [0.1, 0.15) is 91.4 Å². The number of hydrogen-bond donors (Lipinski definition) is 0. The second-order valence-electron chi connectivity index (χ2n) is 7.09. The predicted molar refractivity (Wildman–Crippen MR) is 95.6 cm³/mol. The van der Waals surface area contributed by atoms with Crippen LogP contribution in [0.5, 0.6) is 0 Å². The number of carbonyl (C=O) groups excluding carboxylic acids is 2. The maximum Gasteiger partial charge on any atom is 0.310 e. The Morgan fingerprint density at radius 1 is 0.917 bits per heavy atom. The molecule has 1 aliphatic carbocycles. The lowest BCUT2D eigenvalue weighted by atomic mass is 9.79. The molecular weight excluding hydrogens is 304 g/mol. The molecule has 0 N–H and O–H groups in total. The van der Waals surface area contributed by atoms with Gasteiger partial charge in [-0.05, 0) is 32.6 Å². The van der Waals surface area contributed by atoms with E-state index in [0.717, 1.165) is 44.9 Å². The first kappa shape index (κ1) is 21.0. The molecule has 0 amide bonds. The van der Waals surface area contributed by atoms with Crippen molar-refractivity contribution in [3.05, 3.63) is 0 Å². The Bertz CT molecular complexity index is 367. The molecule has 0 heterocycles. The molecule has 1 saturated carbocycles. The number of esters is 2. The van der Waals surface area contributed by atoms with Crippen LogP contribution in [-0.4, -0.2) is 24.6 Å². The number of hydrogen-bond acceptors (Lipinski definition) is 4. The third-order valence-corrected chi connectivity index (χ3v) is 5.01. The van der Waals surface area contributed by atoms with Gasteiger partial charge in [-0.3, -0.25) is 9.59 Å². The first-order chi connectivity index (χ1) is 11.6.